The Bertz CT molecular complexity index is 333. The number of nitrogens with zero attached hydrogens (tertiary/aromatic N) is 2. The number of hydrogen-bond acceptors (Lipinski definition) is 4. The normalized spacial score (nSPS) is 12.1. The van der Waals surface area contributed by atoms with Gasteiger partial charge in [-0.2, -0.15) is 0 Å². The number of aliphatic carboxylic acids is 1. The smallest absolute Gasteiger partial charge is 0.326 e. The second kappa shape index (κ2) is 3.91. The Morgan fingerprint density at radius 1 is 1.64 bits per heavy atom. The molecule has 0 radical (unpaired) electrons. The topological polar surface area (TPSA) is 83.6 Å². The lowest BCUT2D eigenvalue weighted by atomic mass is 10.3. The van der Waals surface area contributed by atoms with Gasteiger partial charge in [0.1, 0.15) is 6.04 Å². The molecule has 6 heteroatoms. The molecule has 14 heavy (non-hydrogen) atoms. The highest BCUT2D eigenvalue weighted by atomic mass is 16.5. The van der Waals surface area contributed by atoms with E-state index in [0.29, 0.717) is 0 Å². The van der Waals surface area contributed by atoms with Gasteiger partial charge in [-0.15, -0.1) is 0 Å². The fourth-order valence-corrected chi connectivity index (χ4v) is 0.841. The second-order valence-electron chi connectivity index (χ2n) is 2.81. The van der Waals surface area contributed by atoms with E-state index in [4.69, 9.17) is 5.11 Å². The first kappa shape index (κ1) is 10.2. The van der Waals surface area contributed by atoms with Gasteiger partial charge in [0.25, 0.3) is 5.91 Å². The number of rotatable bonds is 3. The SMILES string of the molecule is CC(C(=O)O)N(C)C(=O)c1ccno1. The molecule has 1 N–H and O–H groups in total. The van der Waals surface area contributed by atoms with Crippen LogP contribution in [0, 0.1) is 0 Å². The lowest BCUT2D eigenvalue weighted by Crippen LogP contribution is -2.40. The fraction of sp³-hybridized carbons (Fsp3) is 0.375. The summed E-state index contributed by atoms with van der Waals surface area (Å²) in [5.74, 6) is -1.54. The van der Waals surface area contributed by atoms with Crippen molar-refractivity contribution < 1.29 is 19.2 Å². The Morgan fingerprint density at radius 2 is 2.29 bits per heavy atom. The van der Waals surface area contributed by atoms with E-state index in [-0.39, 0.29) is 5.76 Å². The first-order valence-electron chi connectivity index (χ1n) is 3.94. The Labute approximate surface area is 80.1 Å². The molecule has 1 atom stereocenters. The molecule has 1 rings (SSSR count). The zero-order chi connectivity index (χ0) is 10.7. The largest absolute Gasteiger partial charge is 0.480 e. The van der Waals surface area contributed by atoms with Crippen LogP contribution in [0.15, 0.2) is 16.8 Å². The zero-order valence-corrected chi connectivity index (χ0v) is 7.80. The number of carboxylic acid groups (broad SMARTS) is 1. The molecular weight excluding hydrogens is 188 g/mol. The molecule has 1 amide bonds. The Hall–Kier alpha value is -1.85. The molecule has 0 aromatic carbocycles. The molecule has 1 aromatic rings. The molecular formula is C8H10N2O4. The highest BCUT2D eigenvalue weighted by Gasteiger charge is 2.24. The molecule has 0 spiro atoms. The number of amides is 1. The zero-order valence-electron chi connectivity index (χ0n) is 7.80. The van der Waals surface area contributed by atoms with Gasteiger partial charge in [-0.3, -0.25) is 4.79 Å². The van der Waals surface area contributed by atoms with Crippen LogP contribution in [0.1, 0.15) is 17.5 Å². The molecule has 0 fully saturated rings. The van der Waals surface area contributed by atoms with E-state index in [2.05, 4.69) is 9.68 Å². The van der Waals surface area contributed by atoms with Crippen LogP contribution >= 0.6 is 0 Å². The number of carboxylic acids is 1. The molecule has 76 valence electrons. The molecule has 0 bridgehead atoms. The monoisotopic (exact) mass is 198 g/mol. The van der Waals surface area contributed by atoms with E-state index in [1.807, 2.05) is 0 Å². The lowest BCUT2D eigenvalue weighted by molar-refractivity contribution is -0.141. The van der Waals surface area contributed by atoms with Crippen LogP contribution in [0.3, 0.4) is 0 Å². The van der Waals surface area contributed by atoms with E-state index < -0.39 is 17.9 Å². The molecule has 1 heterocycles. The van der Waals surface area contributed by atoms with Crippen LogP contribution in [-0.2, 0) is 4.79 Å². The molecule has 6 nitrogen and oxygen atoms in total. The first-order chi connectivity index (χ1) is 6.54. The highest BCUT2D eigenvalue weighted by Crippen LogP contribution is 2.05. The van der Waals surface area contributed by atoms with E-state index in [0.717, 1.165) is 4.90 Å². The standard InChI is InChI=1S/C8H10N2O4/c1-5(8(12)13)10(2)7(11)6-3-4-9-14-6/h3-5H,1-2H3,(H,12,13). The van der Waals surface area contributed by atoms with Crippen molar-refractivity contribution in [1.82, 2.24) is 10.1 Å². The van der Waals surface area contributed by atoms with Gasteiger partial charge in [-0.1, -0.05) is 5.16 Å². The number of hydrogen-bond donors (Lipinski definition) is 1. The molecule has 0 aliphatic carbocycles. The van der Waals surface area contributed by atoms with Crippen LogP contribution in [0.5, 0.6) is 0 Å². The van der Waals surface area contributed by atoms with Crippen molar-refractivity contribution >= 4 is 11.9 Å². The highest BCUT2D eigenvalue weighted by molar-refractivity contribution is 5.93. The summed E-state index contributed by atoms with van der Waals surface area (Å²) in [6, 6.07) is 0.487. The maximum atomic E-state index is 11.5. The van der Waals surface area contributed by atoms with Crippen molar-refractivity contribution in [3.05, 3.63) is 18.0 Å². The average Bonchev–Trinajstić information content (AvgIpc) is 2.67. The predicted octanol–water partition coefficient (Wildman–Crippen LogP) is 0.220. The summed E-state index contributed by atoms with van der Waals surface area (Å²) in [6.45, 7) is 1.41. The minimum atomic E-state index is -1.07. The van der Waals surface area contributed by atoms with E-state index in [9.17, 15) is 9.59 Å². The molecule has 0 saturated carbocycles. The third kappa shape index (κ3) is 1.90. The van der Waals surface area contributed by atoms with Gasteiger partial charge >= 0.3 is 5.97 Å². The van der Waals surface area contributed by atoms with Crippen molar-refractivity contribution in [3.63, 3.8) is 0 Å². The molecule has 1 unspecified atom stereocenters. The Balaban J connectivity index is 2.76. The Morgan fingerprint density at radius 3 is 2.71 bits per heavy atom. The van der Waals surface area contributed by atoms with Crippen molar-refractivity contribution in [2.75, 3.05) is 7.05 Å². The minimum Gasteiger partial charge on any atom is -0.480 e. The van der Waals surface area contributed by atoms with Gasteiger partial charge in [0, 0.05) is 13.1 Å². The van der Waals surface area contributed by atoms with Gasteiger partial charge in [-0.05, 0) is 6.92 Å². The van der Waals surface area contributed by atoms with Crippen LogP contribution < -0.4 is 0 Å². The first-order valence-corrected chi connectivity index (χ1v) is 3.94. The Kier molecular flexibility index (Phi) is 2.85. The van der Waals surface area contributed by atoms with Crippen LogP contribution in [0.2, 0.25) is 0 Å². The quantitative estimate of drug-likeness (QED) is 0.751. The van der Waals surface area contributed by atoms with E-state index in [1.54, 1.807) is 0 Å². The van der Waals surface area contributed by atoms with Gasteiger partial charge < -0.3 is 14.5 Å². The summed E-state index contributed by atoms with van der Waals surface area (Å²) in [4.78, 5) is 23.1. The summed E-state index contributed by atoms with van der Waals surface area (Å²) >= 11 is 0. The average molecular weight is 198 g/mol. The molecule has 0 aliphatic rings. The summed E-state index contributed by atoms with van der Waals surface area (Å²) in [7, 11) is 1.39. The summed E-state index contributed by atoms with van der Waals surface area (Å²) in [5.41, 5.74) is 0. The van der Waals surface area contributed by atoms with E-state index in [1.165, 1.54) is 26.2 Å². The van der Waals surface area contributed by atoms with Gasteiger partial charge in [-0.25, -0.2) is 4.79 Å². The number of aromatic nitrogens is 1. The number of likely N-dealkylation sites (N-methyl/N-ethyl adjacent to an activating group) is 1. The summed E-state index contributed by atoms with van der Waals surface area (Å²) < 4.78 is 4.61. The van der Waals surface area contributed by atoms with Crippen molar-refractivity contribution in [1.29, 1.82) is 0 Å². The van der Waals surface area contributed by atoms with Crippen LogP contribution in [-0.4, -0.2) is 40.1 Å². The van der Waals surface area contributed by atoms with Crippen molar-refractivity contribution in [2.45, 2.75) is 13.0 Å². The van der Waals surface area contributed by atoms with Crippen molar-refractivity contribution in [3.8, 4) is 0 Å². The van der Waals surface area contributed by atoms with Gasteiger partial charge in [0.2, 0.25) is 5.76 Å². The summed E-state index contributed by atoms with van der Waals surface area (Å²) in [6.07, 6.45) is 1.33. The maximum Gasteiger partial charge on any atom is 0.326 e. The molecule has 1 aromatic heterocycles. The van der Waals surface area contributed by atoms with Crippen LogP contribution in [0.25, 0.3) is 0 Å². The second-order valence-corrected chi connectivity index (χ2v) is 2.81. The molecule has 0 saturated heterocycles. The molecule has 0 aliphatic heterocycles. The lowest BCUT2D eigenvalue weighted by Gasteiger charge is -2.19. The predicted molar refractivity (Wildman–Crippen MR) is 45.7 cm³/mol. The van der Waals surface area contributed by atoms with Crippen molar-refractivity contribution in [2.24, 2.45) is 0 Å². The third-order valence-corrected chi connectivity index (χ3v) is 1.91. The van der Waals surface area contributed by atoms with Gasteiger partial charge in [0.15, 0.2) is 0 Å². The maximum absolute atomic E-state index is 11.5. The van der Waals surface area contributed by atoms with Gasteiger partial charge in [0.05, 0.1) is 6.20 Å². The minimum absolute atomic E-state index is 0.0283. The number of carbonyl (C=O) groups is 2. The van der Waals surface area contributed by atoms with Crippen LogP contribution in [0.4, 0.5) is 0 Å². The third-order valence-electron chi connectivity index (χ3n) is 1.91. The fourth-order valence-electron chi connectivity index (χ4n) is 0.841. The summed E-state index contributed by atoms with van der Waals surface area (Å²) in [5, 5.41) is 12.0. The number of carbonyl (C=O) groups excluding carboxylic acids is 1. The van der Waals surface area contributed by atoms with E-state index >= 15 is 0 Å².